The summed E-state index contributed by atoms with van der Waals surface area (Å²) in [6, 6.07) is 5.55. The Kier molecular flexibility index (Phi) is 5.43. The summed E-state index contributed by atoms with van der Waals surface area (Å²) in [7, 11) is 0. The van der Waals surface area contributed by atoms with Gasteiger partial charge in [0.15, 0.2) is 0 Å². The van der Waals surface area contributed by atoms with E-state index in [9.17, 15) is 9.59 Å². The molecule has 0 aliphatic carbocycles. The second-order valence-corrected chi connectivity index (χ2v) is 6.47. The number of carboxylic acids is 1. The molecule has 0 bridgehead atoms. The van der Waals surface area contributed by atoms with Crippen molar-refractivity contribution in [2.75, 3.05) is 5.32 Å². The molecule has 2 heterocycles. The van der Waals surface area contributed by atoms with Gasteiger partial charge in [-0.05, 0) is 30.7 Å². The van der Waals surface area contributed by atoms with Crippen LogP contribution in [0, 0.1) is 0 Å². The van der Waals surface area contributed by atoms with Crippen LogP contribution in [0.3, 0.4) is 0 Å². The van der Waals surface area contributed by atoms with Crippen molar-refractivity contribution in [1.82, 2.24) is 24.5 Å². The van der Waals surface area contributed by atoms with Crippen molar-refractivity contribution >= 4 is 41.0 Å². The van der Waals surface area contributed by atoms with Crippen LogP contribution in [0.1, 0.15) is 29.0 Å². The van der Waals surface area contributed by atoms with Crippen LogP contribution < -0.4 is 5.32 Å². The minimum absolute atomic E-state index is 0.0702. The molecule has 1 atom stereocenters. The summed E-state index contributed by atoms with van der Waals surface area (Å²) in [4.78, 5) is 27.5. The van der Waals surface area contributed by atoms with E-state index in [-0.39, 0.29) is 11.6 Å². The van der Waals surface area contributed by atoms with Gasteiger partial charge in [-0.25, -0.2) is 19.1 Å². The van der Waals surface area contributed by atoms with Crippen LogP contribution in [0.2, 0.25) is 10.0 Å². The van der Waals surface area contributed by atoms with Crippen molar-refractivity contribution in [3.63, 3.8) is 0 Å². The maximum atomic E-state index is 12.4. The molecular weight excluding hydrogens is 395 g/mol. The van der Waals surface area contributed by atoms with Crippen LogP contribution in [0.25, 0.3) is 0 Å². The Hall–Kier alpha value is -2.91. The average Bonchev–Trinajstić information content (AvgIpc) is 3.26. The van der Waals surface area contributed by atoms with Crippen LogP contribution in [-0.4, -0.2) is 41.5 Å². The van der Waals surface area contributed by atoms with E-state index in [0.29, 0.717) is 16.6 Å². The highest BCUT2D eigenvalue weighted by atomic mass is 35.5. The lowest BCUT2D eigenvalue weighted by atomic mass is 10.2. The third kappa shape index (κ3) is 4.26. The van der Waals surface area contributed by atoms with E-state index in [1.54, 1.807) is 18.2 Å². The van der Waals surface area contributed by atoms with Gasteiger partial charge in [0.05, 0.1) is 6.54 Å². The molecule has 9 nitrogen and oxygen atoms in total. The number of aliphatic carboxylic acids is 1. The molecule has 0 aliphatic heterocycles. The van der Waals surface area contributed by atoms with E-state index in [0.717, 1.165) is 10.2 Å². The number of halogens is 2. The molecule has 0 aliphatic rings. The van der Waals surface area contributed by atoms with Crippen LogP contribution in [-0.2, 0) is 11.3 Å². The number of carbonyl (C=O) groups is 2. The largest absolute Gasteiger partial charge is 0.480 e. The Balaban J connectivity index is 1.72. The van der Waals surface area contributed by atoms with E-state index in [2.05, 4.69) is 20.5 Å². The zero-order valence-electron chi connectivity index (χ0n) is 14.0. The van der Waals surface area contributed by atoms with E-state index in [1.165, 1.54) is 30.2 Å². The van der Waals surface area contributed by atoms with Crippen molar-refractivity contribution in [3.05, 3.63) is 58.1 Å². The molecule has 2 N–H and O–H groups in total. The van der Waals surface area contributed by atoms with Crippen LogP contribution in [0.5, 0.6) is 0 Å². The number of hydrogen-bond donors (Lipinski definition) is 2. The summed E-state index contributed by atoms with van der Waals surface area (Å²) in [6.45, 7) is 1.77. The number of aromatic nitrogens is 5. The Bertz CT molecular complexity index is 1000. The fourth-order valence-electron chi connectivity index (χ4n) is 2.33. The highest BCUT2D eigenvalue weighted by molar-refractivity contribution is 6.35. The maximum Gasteiger partial charge on any atom is 0.328 e. The maximum absolute atomic E-state index is 12.4. The number of anilines is 1. The highest BCUT2D eigenvalue weighted by Crippen LogP contribution is 2.21. The smallest absolute Gasteiger partial charge is 0.328 e. The molecule has 3 aromatic rings. The molecule has 0 radical (unpaired) electrons. The second kappa shape index (κ2) is 7.77. The zero-order chi connectivity index (χ0) is 19.6. The number of amides is 1. The van der Waals surface area contributed by atoms with Gasteiger partial charge in [-0.2, -0.15) is 5.10 Å². The van der Waals surface area contributed by atoms with Gasteiger partial charge in [0.1, 0.15) is 18.1 Å². The minimum Gasteiger partial charge on any atom is -0.480 e. The summed E-state index contributed by atoms with van der Waals surface area (Å²) in [5, 5.41) is 20.7. The SMILES string of the molecule is CC(C(=O)O)n1nccc1C(=O)Nc1ncn(Cc2ccc(Cl)cc2Cl)n1. The van der Waals surface area contributed by atoms with E-state index in [1.807, 2.05) is 0 Å². The molecule has 27 heavy (non-hydrogen) atoms. The third-order valence-corrected chi connectivity index (χ3v) is 4.32. The first kappa shape index (κ1) is 18.9. The van der Waals surface area contributed by atoms with Crippen LogP contribution >= 0.6 is 23.2 Å². The Labute approximate surface area is 163 Å². The fraction of sp³-hybridized carbons (Fsp3) is 0.188. The Morgan fingerprint density at radius 3 is 2.78 bits per heavy atom. The third-order valence-electron chi connectivity index (χ3n) is 3.74. The minimum atomic E-state index is -1.10. The number of carbonyl (C=O) groups excluding carboxylic acids is 1. The van der Waals surface area contributed by atoms with E-state index < -0.39 is 17.9 Å². The molecule has 1 amide bonds. The van der Waals surface area contributed by atoms with Crippen molar-refractivity contribution in [3.8, 4) is 0 Å². The predicted octanol–water partition coefficient (Wildman–Crippen LogP) is 2.73. The van der Waals surface area contributed by atoms with Gasteiger partial charge in [-0.3, -0.25) is 10.1 Å². The standard InChI is InChI=1S/C16H14Cl2N6O3/c1-9(15(26)27)24-13(4-5-20-24)14(25)21-16-19-8-23(22-16)7-10-2-3-11(17)6-12(10)18/h2-6,8-9H,7H2,1H3,(H,26,27)(H,21,22,25). The number of nitrogens with zero attached hydrogens (tertiary/aromatic N) is 5. The number of rotatable bonds is 6. The number of nitrogens with one attached hydrogen (secondary N) is 1. The van der Waals surface area contributed by atoms with Gasteiger partial charge >= 0.3 is 5.97 Å². The van der Waals surface area contributed by atoms with Gasteiger partial charge in [0.2, 0.25) is 5.95 Å². The molecule has 1 unspecified atom stereocenters. The van der Waals surface area contributed by atoms with Gasteiger partial charge in [0.25, 0.3) is 5.91 Å². The Morgan fingerprint density at radius 2 is 2.07 bits per heavy atom. The molecule has 140 valence electrons. The molecule has 0 fully saturated rings. The molecular formula is C16H14Cl2N6O3. The molecule has 1 aromatic carbocycles. The number of carboxylic acid groups (broad SMARTS) is 1. The molecule has 0 spiro atoms. The lowest BCUT2D eigenvalue weighted by Crippen LogP contribution is -2.24. The lowest BCUT2D eigenvalue weighted by Gasteiger charge is -2.10. The van der Waals surface area contributed by atoms with Crippen molar-refractivity contribution < 1.29 is 14.7 Å². The summed E-state index contributed by atoms with van der Waals surface area (Å²) >= 11 is 12.0. The van der Waals surface area contributed by atoms with Crippen LogP contribution in [0.4, 0.5) is 5.95 Å². The quantitative estimate of drug-likeness (QED) is 0.647. The normalized spacial score (nSPS) is 12.0. The number of benzene rings is 1. The topological polar surface area (TPSA) is 115 Å². The van der Waals surface area contributed by atoms with Gasteiger partial charge in [-0.15, -0.1) is 5.10 Å². The second-order valence-electron chi connectivity index (χ2n) is 5.63. The predicted molar refractivity (Wildman–Crippen MR) is 98.1 cm³/mol. The molecule has 0 saturated carbocycles. The first-order valence-electron chi connectivity index (χ1n) is 7.76. The first-order chi connectivity index (χ1) is 12.8. The van der Waals surface area contributed by atoms with Gasteiger partial charge in [-0.1, -0.05) is 29.3 Å². The lowest BCUT2D eigenvalue weighted by molar-refractivity contribution is -0.140. The van der Waals surface area contributed by atoms with E-state index >= 15 is 0 Å². The van der Waals surface area contributed by atoms with E-state index in [4.69, 9.17) is 28.3 Å². The summed E-state index contributed by atoms with van der Waals surface area (Å²) in [5.41, 5.74) is 0.874. The molecule has 3 rings (SSSR count). The first-order valence-corrected chi connectivity index (χ1v) is 8.52. The fourth-order valence-corrected chi connectivity index (χ4v) is 2.79. The van der Waals surface area contributed by atoms with Crippen molar-refractivity contribution in [2.24, 2.45) is 0 Å². The highest BCUT2D eigenvalue weighted by Gasteiger charge is 2.21. The van der Waals surface area contributed by atoms with Gasteiger partial charge in [0, 0.05) is 16.2 Å². The average molecular weight is 409 g/mol. The summed E-state index contributed by atoms with van der Waals surface area (Å²) in [6.07, 6.45) is 2.79. The summed E-state index contributed by atoms with van der Waals surface area (Å²) < 4.78 is 2.62. The Morgan fingerprint density at radius 1 is 1.30 bits per heavy atom. The van der Waals surface area contributed by atoms with Gasteiger partial charge < -0.3 is 5.11 Å². The molecule has 0 saturated heterocycles. The molecule has 11 heteroatoms. The van der Waals surface area contributed by atoms with Crippen molar-refractivity contribution in [1.29, 1.82) is 0 Å². The van der Waals surface area contributed by atoms with Crippen molar-refractivity contribution in [2.45, 2.75) is 19.5 Å². The monoisotopic (exact) mass is 408 g/mol. The zero-order valence-corrected chi connectivity index (χ0v) is 15.5. The summed E-state index contributed by atoms with van der Waals surface area (Å²) in [5.74, 6) is -1.60. The molecule has 2 aromatic heterocycles. The van der Waals surface area contributed by atoms with Crippen LogP contribution in [0.15, 0.2) is 36.8 Å². The number of hydrogen-bond acceptors (Lipinski definition) is 5.